The Balaban J connectivity index is 1.94. The first-order chi connectivity index (χ1) is 8.97. The topological polar surface area (TPSA) is 55.6 Å². The van der Waals surface area contributed by atoms with Crippen LogP contribution in [0.2, 0.25) is 0 Å². The van der Waals surface area contributed by atoms with E-state index in [9.17, 15) is 0 Å². The van der Waals surface area contributed by atoms with Crippen molar-refractivity contribution in [1.82, 2.24) is 25.3 Å². The summed E-state index contributed by atoms with van der Waals surface area (Å²) >= 11 is 0. The molecule has 5 heteroatoms. The van der Waals surface area contributed by atoms with Crippen LogP contribution in [0.3, 0.4) is 0 Å². The Hall–Kier alpha value is -1.75. The first kappa shape index (κ1) is 13.7. The lowest BCUT2D eigenvalue weighted by Gasteiger charge is -2.17. The average molecular weight is 259 g/mol. The Bertz CT molecular complexity index is 512. The summed E-state index contributed by atoms with van der Waals surface area (Å²) < 4.78 is 1.89. The van der Waals surface area contributed by atoms with E-state index in [0.29, 0.717) is 6.54 Å². The van der Waals surface area contributed by atoms with Gasteiger partial charge in [0.2, 0.25) is 0 Å². The molecule has 2 rings (SSSR count). The number of rotatable bonds is 4. The number of nitrogens with zero attached hydrogens (tertiary/aromatic N) is 4. The Morgan fingerprint density at radius 3 is 2.74 bits per heavy atom. The van der Waals surface area contributed by atoms with Crippen LogP contribution in [0.4, 0.5) is 0 Å². The summed E-state index contributed by atoms with van der Waals surface area (Å²) in [6.07, 6.45) is 5.65. The molecule has 0 radical (unpaired) electrons. The third-order valence-corrected chi connectivity index (χ3v) is 3.00. The van der Waals surface area contributed by atoms with Gasteiger partial charge in [0.05, 0.1) is 17.4 Å². The minimum atomic E-state index is -0.0276. The fourth-order valence-electron chi connectivity index (χ4n) is 1.71. The molecule has 1 N–H and O–H groups in total. The Morgan fingerprint density at radius 1 is 1.37 bits per heavy atom. The fourth-order valence-corrected chi connectivity index (χ4v) is 1.71. The normalized spacial score (nSPS) is 13.5. The molecule has 2 aromatic rings. The Kier molecular flexibility index (Phi) is 3.95. The van der Waals surface area contributed by atoms with Gasteiger partial charge in [-0.15, -0.1) is 5.10 Å². The van der Waals surface area contributed by atoms with Gasteiger partial charge in [-0.05, 0) is 39.3 Å². The van der Waals surface area contributed by atoms with Gasteiger partial charge >= 0.3 is 0 Å². The van der Waals surface area contributed by atoms with Gasteiger partial charge in [-0.25, -0.2) is 4.68 Å². The van der Waals surface area contributed by atoms with E-state index in [0.717, 1.165) is 5.69 Å². The summed E-state index contributed by atoms with van der Waals surface area (Å²) in [4.78, 5) is 4.13. The minimum absolute atomic E-state index is 0.0276. The summed E-state index contributed by atoms with van der Waals surface area (Å²) in [5.41, 5.74) is 2.09. The van der Waals surface area contributed by atoms with Gasteiger partial charge in [-0.3, -0.25) is 4.98 Å². The second-order valence-corrected chi connectivity index (χ2v) is 5.71. The molecule has 0 fully saturated rings. The molecular weight excluding hydrogens is 238 g/mol. The number of nitrogens with one attached hydrogen (secondary N) is 1. The molecule has 0 aliphatic heterocycles. The van der Waals surface area contributed by atoms with Gasteiger partial charge in [0.15, 0.2) is 0 Å². The van der Waals surface area contributed by atoms with Gasteiger partial charge < -0.3 is 5.32 Å². The van der Waals surface area contributed by atoms with E-state index in [1.54, 1.807) is 6.20 Å². The third-order valence-electron chi connectivity index (χ3n) is 3.00. The summed E-state index contributed by atoms with van der Waals surface area (Å²) in [6.45, 7) is 9.14. The van der Waals surface area contributed by atoms with E-state index >= 15 is 0 Å². The standard InChI is InChI=1S/C14H21N5/c1-11(12-6-5-7-15-8-12)16-9-13-10-19(18-17-13)14(2,3)4/h5-8,10-11,16H,9H2,1-4H3/t11-/m1/s1. The van der Waals surface area contributed by atoms with Gasteiger partial charge in [-0.1, -0.05) is 11.3 Å². The molecule has 102 valence electrons. The molecule has 0 saturated carbocycles. The monoisotopic (exact) mass is 259 g/mol. The van der Waals surface area contributed by atoms with Crippen molar-refractivity contribution in [3.63, 3.8) is 0 Å². The van der Waals surface area contributed by atoms with Crippen LogP contribution < -0.4 is 5.32 Å². The molecule has 0 unspecified atom stereocenters. The highest BCUT2D eigenvalue weighted by Gasteiger charge is 2.15. The minimum Gasteiger partial charge on any atom is -0.304 e. The van der Waals surface area contributed by atoms with Crippen LogP contribution in [-0.2, 0) is 12.1 Å². The SMILES string of the molecule is C[C@@H](NCc1cn(C(C)(C)C)nn1)c1cccnc1. The zero-order valence-electron chi connectivity index (χ0n) is 12.0. The maximum Gasteiger partial charge on any atom is 0.0965 e. The second-order valence-electron chi connectivity index (χ2n) is 5.71. The molecule has 0 aromatic carbocycles. The largest absolute Gasteiger partial charge is 0.304 e. The van der Waals surface area contributed by atoms with E-state index in [-0.39, 0.29) is 11.6 Å². The lowest BCUT2D eigenvalue weighted by atomic mass is 10.1. The van der Waals surface area contributed by atoms with Crippen molar-refractivity contribution in [2.45, 2.75) is 45.8 Å². The van der Waals surface area contributed by atoms with Crippen LogP contribution in [0.15, 0.2) is 30.7 Å². The summed E-state index contributed by atoms with van der Waals surface area (Å²) in [7, 11) is 0. The highest BCUT2D eigenvalue weighted by molar-refractivity contribution is 5.13. The van der Waals surface area contributed by atoms with Crippen LogP contribution in [0.1, 0.15) is 45.0 Å². The molecule has 0 amide bonds. The van der Waals surface area contributed by atoms with Crippen molar-refractivity contribution in [3.8, 4) is 0 Å². The van der Waals surface area contributed by atoms with Crippen LogP contribution in [0, 0.1) is 0 Å². The quantitative estimate of drug-likeness (QED) is 0.915. The Morgan fingerprint density at radius 2 is 2.16 bits per heavy atom. The molecule has 1 atom stereocenters. The highest BCUT2D eigenvalue weighted by Crippen LogP contribution is 2.13. The fraction of sp³-hybridized carbons (Fsp3) is 0.500. The highest BCUT2D eigenvalue weighted by atomic mass is 15.4. The van der Waals surface area contributed by atoms with Gasteiger partial charge in [0.1, 0.15) is 0 Å². The number of hydrogen-bond acceptors (Lipinski definition) is 4. The Labute approximate surface area is 114 Å². The van der Waals surface area contributed by atoms with Gasteiger partial charge in [-0.2, -0.15) is 0 Å². The first-order valence-electron chi connectivity index (χ1n) is 6.52. The maximum atomic E-state index is 4.18. The predicted octanol–water partition coefficient (Wildman–Crippen LogP) is 2.28. The number of pyridine rings is 1. The summed E-state index contributed by atoms with van der Waals surface area (Å²) in [5, 5.41) is 11.8. The van der Waals surface area contributed by atoms with E-state index in [1.165, 1.54) is 5.56 Å². The molecule has 0 bridgehead atoms. The van der Waals surface area contributed by atoms with Crippen molar-refractivity contribution in [3.05, 3.63) is 42.0 Å². The van der Waals surface area contributed by atoms with Crippen molar-refractivity contribution in [2.24, 2.45) is 0 Å². The predicted molar refractivity (Wildman–Crippen MR) is 74.5 cm³/mol. The van der Waals surface area contributed by atoms with Crippen molar-refractivity contribution in [2.75, 3.05) is 0 Å². The lowest BCUT2D eigenvalue weighted by molar-refractivity contribution is 0.347. The molecule has 2 aromatic heterocycles. The van der Waals surface area contributed by atoms with Crippen LogP contribution in [0.5, 0.6) is 0 Å². The van der Waals surface area contributed by atoms with E-state index in [2.05, 4.69) is 54.4 Å². The molecular formula is C14H21N5. The van der Waals surface area contributed by atoms with Crippen LogP contribution in [-0.4, -0.2) is 20.0 Å². The van der Waals surface area contributed by atoms with E-state index in [1.807, 2.05) is 23.1 Å². The molecule has 0 aliphatic rings. The summed E-state index contributed by atoms with van der Waals surface area (Å²) in [6, 6.07) is 4.26. The second kappa shape index (κ2) is 5.48. The zero-order chi connectivity index (χ0) is 13.9. The lowest BCUT2D eigenvalue weighted by Crippen LogP contribution is -2.22. The molecule has 0 saturated heterocycles. The number of hydrogen-bond donors (Lipinski definition) is 1. The smallest absolute Gasteiger partial charge is 0.0965 e. The van der Waals surface area contributed by atoms with Crippen molar-refractivity contribution >= 4 is 0 Å². The van der Waals surface area contributed by atoms with Crippen LogP contribution in [0.25, 0.3) is 0 Å². The number of aromatic nitrogens is 4. The van der Waals surface area contributed by atoms with E-state index in [4.69, 9.17) is 0 Å². The summed E-state index contributed by atoms with van der Waals surface area (Å²) in [5.74, 6) is 0. The molecule has 5 nitrogen and oxygen atoms in total. The molecule has 2 heterocycles. The third kappa shape index (κ3) is 3.61. The van der Waals surface area contributed by atoms with Crippen molar-refractivity contribution < 1.29 is 0 Å². The van der Waals surface area contributed by atoms with Gasteiger partial charge in [0, 0.05) is 25.0 Å². The average Bonchev–Trinajstić information content (AvgIpc) is 2.86. The van der Waals surface area contributed by atoms with Gasteiger partial charge in [0.25, 0.3) is 0 Å². The van der Waals surface area contributed by atoms with E-state index < -0.39 is 0 Å². The molecule has 0 aliphatic carbocycles. The molecule has 19 heavy (non-hydrogen) atoms. The molecule has 0 spiro atoms. The zero-order valence-corrected chi connectivity index (χ0v) is 12.0. The maximum absolute atomic E-state index is 4.18. The van der Waals surface area contributed by atoms with Crippen molar-refractivity contribution in [1.29, 1.82) is 0 Å². The van der Waals surface area contributed by atoms with Crippen LogP contribution >= 0.6 is 0 Å². The first-order valence-corrected chi connectivity index (χ1v) is 6.52.